The van der Waals surface area contributed by atoms with Gasteiger partial charge in [-0.25, -0.2) is 4.39 Å². The average Bonchev–Trinajstić information content (AvgIpc) is 2.08. The maximum atomic E-state index is 12.8. The van der Waals surface area contributed by atoms with Gasteiger partial charge in [0.25, 0.3) is 0 Å². The number of benzene rings is 1. The van der Waals surface area contributed by atoms with Gasteiger partial charge in [-0.3, -0.25) is 4.79 Å². The van der Waals surface area contributed by atoms with Crippen LogP contribution in [0.5, 0.6) is 0 Å². The van der Waals surface area contributed by atoms with E-state index in [9.17, 15) is 9.18 Å². The number of anilines is 1. The predicted octanol–water partition coefficient (Wildman–Crippen LogP) is 1.56. The zero-order valence-electron chi connectivity index (χ0n) is 7.13. The van der Waals surface area contributed by atoms with Crippen molar-refractivity contribution < 1.29 is 9.18 Å². The summed E-state index contributed by atoms with van der Waals surface area (Å²) in [6.07, 6.45) is 2.40. The Hall–Kier alpha value is -1.55. The van der Waals surface area contributed by atoms with Crippen molar-refractivity contribution in [3.8, 4) is 0 Å². The SMILES string of the molecule is NC(=O)C=Cc1cc(F)cc(Cl)c1N. The standard InChI is InChI=1S/C9H8ClFN2O/c10-7-4-6(11)3-5(9(7)13)1-2-8(12)14/h1-4H,13H2,(H2,12,14). The van der Waals surface area contributed by atoms with E-state index in [4.69, 9.17) is 23.1 Å². The molecule has 0 aliphatic rings. The first kappa shape index (κ1) is 10.5. The summed E-state index contributed by atoms with van der Waals surface area (Å²) in [5.41, 5.74) is 10.9. The van der Waals surface area contributed by atoms with Gasteiger partial charge in [0.1, 0.15) is 5.82 Å². The van der Waals surface area contributed by atoms with Gasteiger partial charge >= 0.3 is 0 Å². The molecule has 0 aliphatic heterocycles. The lowest BCUT2D eigenvalue weighted by molar-refractivity contribution is -0.113. The highest BCUT2D eigenvalue weighted by Gasteiger charge is 2.04. The molecule has 1 amide bonds. The summed E-state index contributed by atoms with van der Waals surface area (Å²) in [7, 11) is 0. The largest absolute Gasteiger partial charge is 0.397 e. The maximum absolute atomic E-state index is 12.8. The number of carbonyl (C=O) groups is 1. The van der Waals surface area contributed by atoms with E-state index in [0.717, 1.165) is 12.1 Å². The van der Waals surface area contributed by atoms with Crippen LogP contribution in [-0.4, -0.2) is 5.91 Å². The van der Waals surface area contributed by atoms with Crippen molar-refractivity contribution in [3.63, 3.8) is 0 Å². The number of nitrogen functional groups attached to an aromatic ring is 1. The number of primary amides is 1. The van der Waals surface area contributed by atoms with Gasteiger partial charge in [0, 0.05) is 11.6 Å². The van der Waals surface area contributed by atoms with Crippen LogP contribution in [0, 0.1) is 5.82 Å². The number of nitrogens with two attached hydrogens (primary N) is 2. The van der Waals surface area contributed by atoms with E-state index in [1.807, 2.05) is 0 Å². The van der Waals surface area contributed by atoms with Gasteiger partial charge in [-0.1, -0.05) is 11.6 Å². The molecule has 1 rings (SSSR count). The summed E-state index contributed by atoms with van der Waals surface area (Å²) in [5.74, 6) is -1.15. The van der Waals surface area contributed by atoms with Crippen LogP contribution in [0.15, 0.2) is 18.2 Å². The van der Waals surface area contributed by atoms with Crippen LogP contribution in [0.25, 0.3) is 6.08 Å². The highest BCUT2D eigenvalue weighted by Crippen LogP contribution is 2.25. The van der Waals surface area contributed by atoms with E-state index in [1.165, 1.54) is 12.1 Å². The molecule has 0 unspecified atom stereocenters. The van der Waals surface area contributed by atoms with Crippen LogP contribution in [0.4, 0.5) is 10.1 Å². The first-order valence-corrected chi connectivity index (χ1v) is 4.10. The molecule has 0 aromatic heterocycles. The van der Waals surface area contributed by atoms with Crippen LogP contribution < -0.4 is 11.5 Å². The Labute approximate surface area is 85.1 Å². The van der Waals surface area contributed by atoms with E-state index in [-0.39, 0.29) is 10.7 Å². The minimum atomic E-state index is -0.634. The average molecular weight is 215 g/mol. The zero-order chi connectivity index (χ0) is 10.7. The number of rotatable bonds is 2. The van der Waals surface area contributed by atoms with Gasteiger partial charge in [-0.05, 0) is 18.2 Å². The second kappa shape index (κ2) is 4.11. The topological polar surface area (TPSA) is 69.1 Å². The molecule has 0 atom stereocenters. The molecule has 14 heavy (non-hydrogen) atoms. The zero-order valence-corrected chi connectivity index (χ0v) is 7.88. The van der Waals surface area contributed by atoms with E-state index < -0.39 is 11.7 Å². The smallest absolute Gasteiger partial charge is 0.241 e. The molecular formula is C9H8ClFN2O. The highest BCUT2D eigenvalue weighted by molar-refractivity contribution is 6.33. The van der Waals surface area contributed by atoms with Gasteiger partial charge in [0.05, 0.1) is 10.7 Å². The van der Waals surface area contributed by atoms with Crippen molar-refractivity contribution in [2.24, 2.45) is 5.73 Å². The van der Waals surface area contributed by atoms with E-state index in [1.54, 1.807) is 0 Å². The highest BCUT2D eigenvalue weighted by atomic mass is 35.5. The van der Waals surface area contributed by atoms with Gasteiger partial charge in [-0.15, -0.1) is 0 Å². The molecular weight excluding hydrogens is 207 g/mol. The van der Waals surface area contributed by atoms with Crippen LogP contribution in [0.1, 0.15) is 5.56 Å². The number of hydrogen-bond donors (Lipinski definition) is 2. The Balaban J connectivity index is 3.14. The summed E-state index contributed by atoms with van der Waals surface area (Å²) in [6.45, 7) is 0. The molecule has 74 valence electrons. The van der Waals surface area contributed by atoms with Gasteiger partial charge in [-0.2, -0.15) is 0 Å². The molecule has 0 aliphatic carbocycles. The van der Waals surface area contributed by atoms with Crippen molar-refractivity contribution in [2.75, 3.05) is 5.73 Å². The fourth-order valence-corrected chi connectivity index (χ4v) is 1.13. The Morgan fingerprint density at radius 1 is 1.50 bits per heavy atom. The maximum Gasteiger partial charge on any atom is 0.241 e. The first-order chi connectivity index (χ1) is 6.50. The van der Waals surface area contributed by atoms with Crippen LogP contribution in [-0.2, 0) is 4.79 Å². The van der Waals surface area contributed by atoms with Crippen LogP contribution in [0.2, 0.25) is 5.02 Å². The molecule has 0 bridgehead atoms. The van der Waals surface area contributed by atoms with E-state index >= 15 is 0 Å². The summed E-state index contributed by atoms with van der Waals surface area (Å²) in [5, 5.41) is 0.106. The molecule has 1 aromatic rings. The quantitative estimate of drug-likeness (QED) is 0.580. The third kappa shape index (κ3) is 2.47. The van der Waals surface area contributed by atoms with Crippen LogP contribution in [0.3, 0.4) is 0 Å². The third-order valence-electron chi connectivity index (χ3n) is 1.55. The summed E-state index contributed by atoms with van der Waals surface area (Å²) < 4.78 is 12.8. The second-order valence-electron chi connectivity index (χ2n) is 2.63. The Bertz CT molecular complexity index is 404. The Kier molecular flexibility index (Phi) is 3.09. The second-order valence-corrected chi connectivity index (χ2v) is 3.03. The molecule has 0 spiro atoms. The number of halogens is 2. The molecule has 0 heterocycles. The monoisotopic (exact) mass is 214 g/mol. The van der Waals surface area contributed by atoms with Crippen LogP contribution >= 0.6 is 11.6 Å². The first-order valence-electron chi connectivity index (χ1n) is 3.72. The van der Waals surface area contributed by atoms with Gasteiger partial charge in [0.15, 0.2) is 0 Å². The molecule has 0 saturated carbocycles. The predicted molar refractivity (Wildman–Crippen MR) is 54.1 cm³/mol. The summed E-state index contributed by atoms with van der Waals surface area (Å²) in [4.78, 5) is 10.4. The van der Waals surface area contributed by atoms with E-state index in [2.05, 4.69) is 0 Å². The molecule has 3 nitrogen and oxygen atoms in total. The molecule has 0 fully saturated rings. The minimum absolute atomic E-state index is 0.106. The third-order valence-corrected chi connectivity index (χ3v) is 1.87. The molecule has 0 saturated heterocycles. The molecule has 4 N–H and O–H groups in total. The van der Waals surface area contributed by atoms with Crippen molar-refractivity contribution in [1.29, 1.82) is 0 Å². The Morgan fingerprint density at radius 3 is 2.71 bits per heavy atom. The summed E-state index contributed by atoms with van der Waals surface area (Å²) >= 11 is 5.62. The number of carbonyl (C=O) groups excluding carboxylic acids is 1. The molecule has 1 aromatic carbocycles. The Morgan fingerprint density at radius 2 is 2.14 bits per heavy atom. The van der Waals surface area contributed by atoms with Crippen molar-refractivity contribution in [1.82, 2.24) is 0 Å². The molecule has 5 heteroatoms. The summed E-state index contributed by atoms with van der Waals surface area (Å²) in [6, 6.07) is 2.26. The molecule has 0 radical (unpaired) electrons. The normalized spacial score (nSPS) is 10.7. The number of amides is 1. The lowest BCUT2D eigenvalue weighted by atomic mass is 10.1. The fourth-order valence-electron chi connectivity index (χ4n) is 0.914. The van der Waals surface area contributed by atoms with Crippen molar-refractivity contribution >= 4 is 29.3 Å². The lowest BCUT2D eigenvalue weighted by Gasteiger charge is -2.02. The number of hydrogen-bond acceptors (Lipinski definition) is 2. The van der Waals surface area contributed by atoms with Gasteiger partial charge < -0.3 is 11.5 Å². The minimum Gasteiger partial charge on any atom is -0.397 e. The lowest BCUT2D eigenvalue weighted by Crippen LogP contribution is -2.05. The van der Waals surface area contributed by atoms with Crippen molar-refractivity contribution in [2.45, 2.75) is 0 Å². The fraction of sp³-hybridized carbons (Fsp3) is 0. The van der Waals surface area contributed by atoms with E-state index in [0.29, 0.717) is 5.56 Å². The van der Waals surface area contributed by atoms with Crippen molar-refractivity contribution in [3.05, 3.63) is 34.6 Å². The van der Waals surface area contributed by atoms with Gasteiger partial charge in [0.2, 0.25) is 5.91 Å².